The van der Waals surface area contributed by atoms with Gasteiger partial charge in [-0.15, -0.1) is 11.3 Å². The molecule has 24 heavy (non-hydrogen) atoms. The van der Waals surface area contributed by atoms with Gasteiger partial charge >= 0.3 is 0 Å². The fraction of sp³-hybridized carbons (Fsp3) is 0.214. The number of rotatable bonds is 7. The first-order valence-electron chi connectivity index (χ1n) is 6.68. The fourth-order valence-electron chi connectivity index (χ4n) is 1.65. The van der Waals surface area contributed by atoms with Crippen LogP contribution in [0.25, 0.3) is 0 Å². The van der Waals surface area contributed by atoms with Crippen LogP contribution < -0.4 is 14.8 Å². The lowest BCUT2D eigenvalue weighted by atomic mass is 10.3. The van der Waals surface area contributed by atoms with Crippen molar-refractivity contribution in [1.82, 2.24) is 10.0 Å². The summed E-state index contributed by atoms with van der Waals surface area (Å²) in [6.45, 7) is -0.0920. The van der Waals surface area contributed by atoms with Crippen molar-refractivity contribution in [2.45, 2.75) is 10.8 Å². The molecule has 130 valence electrons. The van der Waals surface area contributed by atoms with Crippen LogP contribution >= 0.6 is 22.9 Å². The van der Waals surface area contributed by atoms with Crippen LogP contribution in [0.5, 0.6) is 5.75 Å². The molecule has 10 heteroatoms. The average molecular weight is 393 g/mol. The monoisotopic (exact) mass is 392 g/mol. The third kappa shape index (κ3) is 4.91. The van der Waals surface area contributed by atoms with Crippen LogP contribution in [0.15, 0.2) is 34.5 Å². The van der Waals surface area contributed by atoms with E-state index < -0.39 is 21.7 Å². The van der Waals surface area contributed by atoms with E-state index in [1.807, 2.05) is 0 Å². The molecule has 0 atom stereocenters. The van der Waals surface area contributed by atoms with Gasteiger partial charge in [0.05, 0.1) is 11.6 Å². The van der Waals surface area contributed by atoms with Crippen molar-refractivity contribution < 1.29 is 22.3 Å². The first-order chi connectivity index (χ1) is 11.3. The van der Waals surface area contributed by atoms with Crippen LogP contribution in [0.3, 0.4) is 0 Å². The summed E-state index contributed by atoms with van der Waals surface area (Å²) in [5.74, 6) is -0.699. The number of amides is 1. The molecule has 2 N–H and O–H groups in total. The summed E-state index contributed by atoms with van der Waals surface area (Å²) in [6, 6.07) is 6.87. The normalized spacial score (nSPS) is 11.3. The molecule has 0 aliphatic rings. The molecule has 0 bridgehead atoms. The maximum Gasteiger partial charge on any atom is 0.258 e. The van der Waals surface area contributed by atoms with Crippen molar-refractivity contribution in [3.8, 4) is 5.75 Å². The van der Waals surface area contributed by atoms with Crippen molar-refractivity contribution in [3.05, 3.63) is 46.0 Å². The first kappa shape index (κ1) is 18.7. The summed E-state index contributed by atoms with van der Waals surface area (Å²) in [5.41, 5.74) is 0. The van der Waals surface area contributed by atoms with E-state index in [0.717, 1.165) is 17.4 Å². The smallest absolute Gasteiger partial charge is 0.258 e. The Morgan fingerprint density at radius 2 is 2.08 bits per heavy atom. The van der Waals surface area contributed by atoms with Gasteiger partial charge in [0.25, 0.3) is 5.91 Å². The van der Waals surface area contributed by atoms with Crippen LogP contribution in [-0.2, 0) is 21.4 Å². The zero-order chi connectivity index (χ0) is 17.7. The molecule has 0 saturated heterocycles. The summed E-state index contributed by atoms with van der Waals surface area (Å²) >= 11 is 6.67. The molecule has 0 aliphatic heterocycles. The topological polar surface area (TPSA) is 84.5 Å². The Labute approximate surface area is 147 Å². The van der Waals surface area contributed by atoms with Crippen molar-refractivity contribution in [1.29, 1.82) is 0 Å². The van der Waals surface area contributed by atoms with Gasteiger partial charge in [0.15, 0.2) is 6.61 Å². The second-order valence-corrected chi connectivity index (χ2v) is 8.26. The lowest BCUT2D eigenvalue weighted by Crippen LogP contribution is -2.28. The Kier molecular flexibility index (Phi) is 6.16. The van der Waals surface area contributed by atoms with E-state index in [9.17, 15) is 17.6 Å². The molecule has 0 spiro atoms. The summed E-state index contributed by atoms with van der Waals surface area (Å²) in [6.07, 6.45) is 0. The number of carbonyl (C=O) groups is 1. The number of ether oxygens (including phenoxy) is 1. The maximum absolute atomic E-state index is 13.0. The third-order valence-corrected chi connectivity index (χ3v) is 6.17. The maximum atomic E-state index is 13.0. The van der Waals surface area contributed by atoms with Crippen LogP contribution in [0.2, 0.25) is 5.02 Å². The van der Waals surface area contributed by atoms with Crippen molar-refractivity contribution in [3.63, 3.8) is 0 Å². The van der Waals surface area contributed by atoms with E-state index in [2.05, 4.69) is 10.0 Å². The Morgan fingerprint density at radius 3 is 2.75 bits per heavy atom. The number of hydrogen-bond donors (Lipinski definition) is 2. The highest BCUT2D eigenvalue weighted by Crippen LogP contribution is 2.22. The van der Waals surface area contributed by atoms with Crippen molar-refractivity contribution in [2.75, 3.05) is 13.7 Å². The minimum absolute atomic E-state index is 0.0928. The van der Waals surface area contributed by atoms with Gasteiger partial charge < -0.3 is 10.1 Å². The fourth-order valence-corrected chi connectivity index (χ4v) is 3.95. The Balaban J connectivity index is 1.84. The van der Waals surface area contributed by atoms with Gasteiger partial charge in [-0.05, 0) is 31.3 Å². The van der Waals surface area contributed by atoms with E-state index in [1.54, 1.807) is 6.07 Å². The summed E-state index contributed by atoms with van der Waals surface area (Å²) in [7, 11) is -2.15. The SMILES string of the molecule is CNS(=O)(=O)c1ccc(CNC(=O)COc2ccc(F)c(Cl)c2)s1. The molecule has 1 aromatic heterocycles. The molecule has 2 rings (SSSR count). The molecule has 1 amide bonds. The predicted molar refractivity (Wildman–Crippen MR) is 89.3 cm³/mol. The molecule has 0 saturated carbocycles. The number of hydrogen-bond acceptors (Lipinski definition) is 5. The molecule has 0 radical (unpaired) electrons. The molecule has 1 heterocycles. The van der Waals surface area contributed by atoms with Crippen molar-refractivity contribution >= 4 is 38.9 Å². The number of benzene rings is 1. The summed E-state index contributed by atoms with van der Waals surface area (Å²) < 4.78 is 43.8. The quantitative estimate of drug-likeness (QED) is 0.756. The Morgan fingerprint density at radius 1 is 1.33 bits per heavy atom. The van der Waals surface area contributed by atoms with Gasteiger partial charge in [-0.25, -0.2) is 17.5 Å². The molecular formula is C14H14ClFN2O4S2. The van der Waals surface area contributed by atoms with E-state index in [-0.39, 0.29) is 28.1 Å². The number of nitrogens with one attached hydrogen (secondary N) is 2. The lowest BCUT2D eigenvalue weighted by Gasteiger charge is -2.07. The third-order valence-electron chi connectivity index (χ3n) is 2.89. The molecule has 0 aliphatic carbocycles. The zero-order valence-corrected chi connectivity index (χ0v) is 14.9. The van der Waals surface area contributed by atoms with Crippen LogP contribution in [0, 0.1) is 5.82 Å². The highest BCUT2D eigenvalue weighted by atomic mass is 35.5. The van der Waals surface area contributed by atoms with Gasteiger partial charge in [-0.2, -0.15) is 0 Å². The minimum Gasteiger partial charge on any atom is -0.484 e. The largest absolute Gasteiger partial charge is 0.484 e. The molecule has 0 unspecified atom stereocenters. The zero-order valence-electron chi connectivity index (χ0n) is 12.5. The first-order valence-corrected chi connectivity index (χ1v) is 9.36. The van der Waals surface area contributed by atoms with Crippen LogP contribution in [-0.4, -0.2) is 28.0 Å². The van der Waals surface area contributed by atoms with Crippen LogP contribution in [0.4, 0.5) is 4.39 Å². The van der Waals surface area contributed by atoms with Crippen molar-refractivity contribution in [2.24, 2.45) is 0 Å². The second-order valence-electron chi connectivity index (χ2n) is 4.57. The second kappa shape index (κ2) is 7.93. The Hall–Kier alpha value is -1.68. The van der Waals surface area contributed by atoms with Crippen LogP contribution in [0.1, 0.15) is 4.88 Å². The number of halogens is 2. The number of thiophene rings is 1. The Bertz CT molecular complexity index is 839. The van der Waals surface area contributed by atoms with E-state index in [1.165, 1.54) is 25.2 Å². The van der Waals surface area contributed by atoms with E-state index >= 15 is 0 Å². The van der Waals surface area contributed by atoms with Gasteiger partial charge in [0.2, 0.25) is 10.0 Å². The number of carbonyl (C=O) groups excluding carboxylic acids is 1. The van der Waals surface area contributed by atoms with Gasteiger partial charge in [0.1, 0.15) is 15.8 Å². The molecular weight excluding hydrogens is 379 g/mol. The number of sulfonamides is 1. The van der Waals surface area contributed by atoms with E-state index in [4.69, 9.17) is 16.3 Å². The molecule has 2 aromatic rings. The van der Waals surface area contributed by atoms with Gasteiger partial charge in [-0.1, -0.05) is 11.6 Å². The minimum atomic E-state index is -3.48. The lowest BCUT2D eigenvalue weighted by molar-refractivity contribution is -0.123. The summed E-state index contributed by atoms with van der Waals surface area (Å²) in [4.78, 5) is 12.4. The standard InChI is InChI=1S/C14H14ClFN2O4S2/c1-17-24(20,21)14-5-3-10(23-14)7-18-13(19)8-22-9-2-4-12(16)11(15)6-9/h2-6,17H,7-8H2,1H3,(H,18,19). The highest BCUT2D eigenvalue weighted by molar-refractivity contribution is 7.91. The molecule has 0 fully saturated rings. The highest BCUT2D eigenvalue weighted by Gasteiger charge is 2.14. The van der Waals surface area contributed by atoms with E-state index in [0.29, 0.717) is 4.88 Å². The molecule has 6 nitrogen and oxygen atoms in total. The van der Waals surface area contributed by atoms with Gasteiger partial charge in [0, 0.05) is 10.9 Å². The van der Waals surface area contributed by atoms with Gasteiger partial charge in [-0.3, -0.25) is 4.79 Å². The average Bonchev–Trinajstić information content (AvgIpc) is 3.04. The molecule has 1 aromatic carbocycles. The summed E-state index contributed by atoms with van der Waals surface area (Å²) in [5, 5.41) is 2.51. The predicted octanol–water partition coefficient (Wildman–Crippen LogP) is 2.14.